The minimum Gasteiger partial charge on any atom is -0.325 e. The summed E-state index contributed by atoms with van der Waals surface area (Å²) in [5, 5.41) is 0. The third-order valence-corrected chi connectivity index (χ3v) is 3.17. The lowest BCUT2D eigenvalue weighted by Crippen LogP contribution is -2.51. The summed E-state index contributed by atoms with van der Waals surface area (Å²) in [6, 6.07) is 0. The van der Waals surface area contributed by atoms with Gasteiger partial charge in [0.15, 0.2) is 0 Å². The van der Waals surface area contributed by atoms with Crippen LogP contribution in [0.3, 0.4) is 0 Å². The average Bonchev–Trinajstić information content (AvgIpc) is 1.75. The van der Waals surface area contributed by atoms with E-state index in [1.807, 2.05) is 6.08 Å². The Morgan fingerprint density at radius 2 is 1.47 bits per heavy atom. The molecular formula is C13H26ClN. The van der Waals surface area contributed by atoms with Crippen LogP contribution < -0.4 is 5.73 Å². The van der Waals surface area contributed by atoms with Crippen LogP contribution in [0.5, 0.6) is 0 Å². The summed E-state index contributed by atoms with van der Waals surface area (Å²) in [4.78, 5) is 0. The molecule has 0 aromatic carbocycles. The van der Waals surface area contributed by atoms with Crippen molar-refractivity contribution in [3.63, 3.8) is 0 Å². The van der Waals surface area contributed by atoms with Gasteiger partial charge < -0.3 is 5.73 Å². The smallest absolute Gasteiger partial charge is 0.0199 e. The highest BCUT2D eigenvalue weighted by atomic mass is 35.5. The maximum absolute atomic E-state index is 6.45. The van der Waals surface area contributed by atoms with Crippen molar-refractivity contribution in [2.45, 2.75) is 58.9 Å². The Balaban J connectivity index is 0.00000196. The third-order valence-electron chi connectivity index (χ3n) is 3.17. The Kier molecular flexibility index (Phi) is 4.46. The molecule has 0 spiro atoms. The van der Waals surface area contributed by atoms with Gasteiger partial charge in [0.05, 0.1) is 0 Å². The average molecular weight is 232 g/mol. The lowest BCUT2D eigenvalue weighted by atomic mass is 9.58. The Labute approximate surface area is 101 Å². The highest BCUT2D eigenvalue weighted by Gasteiger charge is 2.44. The molecule has 0 amide bonds. The van der Waals surface area contributed by atoms with Gasteiger partial charge in [0.1, 0.15) is 0 Å². The lowest BCUT2D eigenvalue weighted by molar-refractivity contribution is 0.0500. The fraction of sp³-hybridized carbons (Fsp3) is 0.846. The zero-order chi connectivity index (χ0) is 11.0. The summed E-state index contributed by atoms with van der Waals surface area (Å²) in [6.45, 7) is 13.1. The van der Waals surface area contributed by atoms with Crippen LogP contribution in [-0.4, -0.2) is 5.54 Å². The first-order valence-electron chi connectivity index (χ1n) is 5.58. The van der Waals surface area contributed by atoms with Gasteiger partial charge in [-0.3, -0.25) is 0 Å². The molecule has 15 heavy (non-hydrogen) atoms. The zero-order valence-electron chi connectivity index (χ0n) is 10.6. The standard InChI is InChI=1S/C13H25N.ClH/c1-6-7-13(14)9-11(2,3)8-12(4,5)10-13;/h6H,1,7-10,14H2,2-5H3;1H. The van der Waals surface area contributed by atoms with E-state index in [1.165, 1.54) is 6.42 Å². The van der Waals surface area contributed by atoms with Crippen LogP contribution in [0.2, 0.25) is 0 Å². The van der Waals surface area contributed by atoms with Gasteiger partial charge in [0.25, 0.3) is 0 Å². The quantitative estimate of drug-likeness (QED) is 0.717. The van der Waals surface area contributed by atoms with E-state index < -0.39 is 0 Å². The molecule has 2 heteroatoms. The second-order valence-electron chi connectivity index (χ2n) is 6.71. The molecule has 0 heterocycles. The van der Waals surface area contributed by atoms with Crippen LogP contribution in [0.15, 0.2) is 12.7 Å². The number of hydrogen-bond acceptors (Lipinski definition) is 1. The van der Waals surface area contributed by atoms with E-state index >= 15 is 0 Å². The molecule has 1 saturated carbocycles. The molecule has 0 unspecified atom stereocenters. The van der Waals surface area contributed by atoms with E-state index in [1.54, 1.807) is 0 Å². The van der Waals surface area contributed by atoms with Gasteiger partial charge in [-0.15, -0.1) is 19.0 Å². The SMILES string of the molecule is C=CCC1(N)CC(C)(C)CC(C)(C)C1.Cl. The molecule has 0 atom stereocenters. The van der Waals surface area contributed by atoms with Gasteiger partial charge >= 0.3 is 0 Å². The summed E-state index contributed by atoms with van der Waals surface area (Å²) in [6.07, 6.45) is 6.43. The van der Waals surface area contributed by atoms with Gasteiger partial charge in [-0.2, -0.15) is 0 Å². The molecule has 1 fully saturated rings. The summed E-state index contributed by atoms with van der Waals surface area (Å²) < 4.78 is 0. The number of nitrogens with two attached hydrogens (primary N) is 1. The molecule has 0 bridgehead atoms. The number of halogens is 1. The third kappa shape index (κ3) is 4.16. The molecule has 2 N–H and O–H groups in total. The molecule has 0 saturated heterocycles. The van der Waals surface area contributed by atoms with Crippen molar-refractivity contribution in [3.05, 3.63) is 12.7 Å². The first-order chi connectivity index (χ1) is 6.18. The van der Waals surface area contributed by atoms with E-state index in [-0.39, 0.29) is 17.9 Å². The second-order valence-corrected chi connectivity index (χ2v) is 6.71. The molecule has 0 aromatic heterocycles. The number of hydrogen-bond donors (Lipinski definition) is 1. The lowest BCUT2D eigenvalue weighted by Gasteiger charge is -2.50. The van der Waals surface area contributed by atoms with Crippen molar-refractivity contribution in [2.24, 2.45) is 16.6 Å². The Bertz CT molecular complexity index is 215. The summed E-state index contributed by atoms with van der Waals surface area (Å²) >= 11 is 0. The largest absolute Gasteiger partial charge is 0.325 e. The van der Waals surface area contributed by atoms with Gasteiger partial charge in [-0.1, -0.05) is 33.8 Å². The molecule has 0 aromatic rings. The van der Waals surface area contributed by atoms with Crippen LogP contribution in [0, 0.1) is 10.8 Å². The van der Waals surface area contributed by atoms with Crippen LogP contribution in [0.25, 0.3) is 0 Å². The van der Waals surface area contributed by atoms with E-state index in [2.05, 4.69) is 34.3 Å². The molecule has 0 aliphatic heterocycles. The minimum atomic E-state index is -0.0208. The van der Waals surface area contributed by atoms with E-state index in [0.29, 0.717) is 10.8 Å². The summed E-state index contributed by atoms with van der Waals surface area (Å²) in [7, 11) is 0. The second kappa shape index (κ2) is 4.47. The molecule has 1 aliphatic rings. The van der Waals surface area contributed by atoms with Gasteiger partial charge in [0, 0.05) is 5.54 Å². The van der Waals surface area contributed by atoms with Crippen molar-refractivity contribution in [2.75, 3.05) is 0 Å². The van der Waals surface area contributed by atoms with E-state index in [0.717, 1.165) is 19.3 Å². The fourth-order valence-electron chi connectivity index (χ4n) is 3.82. The summed E-state index contributed by atoms with van der Waals surface area (Å²) in [5.41, 5.74) is 7.18. The first-order valence-corrected chi connectivity index (χ1v) is 5.58. The topological polar surface area (TPSA) is 26.0 Å². The van der Waals surface area contributed by atoms with Crippen LogP contribution in [0.4, 0.5) is 0 Å². The predicted octanol–water partition coefficient (Wildman–Crippen LogP) is 3.92. The van der Waals surface area contributed by atoms with Crippen LogP contribution in [-0.2, 0) is 0 Å². The fourth-order valence-corrected chi connectivity index (χ4v) is 3.82. The maximum Gasteiger partial charge on any atom is 0.0199 e. The normalized spacial score (nSPS) is 26.5. The Morgan fingerprint density at radius 3 is 1.80 bits per heavy atom. The van der Waals surface area contributed by atoms with Crippen molar-refractivity contribution in [3.8, 4) is 0 Å². The van der Waals surface area contributed by atoms with Crippen LogP contribution in [0.1, 0.15) is 53.4 Å². The molecule has 1 rings (SSSR count). The Hall–Kier alpha value is -0.0100. The highest BCUT2D eigenvalue weighted by Crippen LogP contribution is 2.50. The van der Waals surface area contributed by atoms with Gasteiger partial charge in [-0.05, 0) is 36.5 Å². The van der Waals surface area contributed by atoms with Crippen molar-refractivity contribution in [1.29, 1.82) is 0 Å². The van der Waals surface area contributed by atoms with Gasteiger partial charge in [-0.25, -0.2) is 0 Å². The maximum atomic E-state index is 6.45. The first kappa shape index (κ1) is 15.0. The predicted molar refractivity (Wildman–Crippen MR) is 70.4 cm³/mol. The molecule has 90 valence electrons. The van der Waals surface area contributed by atoms with E-state index in [4.69, 9.17) is 5.73 Å². The number of rotatable bonds is 2. The highest BCUT2D eigenvalue weighted by molar-refractivity contribution is 5.85. The van der Waals surface area contributed by atoms with Gasteiger partial charge in [0.2, 0.25) is 0 Å². The minimum absolute atomic E-state index is 0. The van der Waals surface area contributed by atoms with E-state index in [9.17, 15) is 0 Å². The monoisotopic (exact) mass is 231 g/mol. The zero-order valence-corrected chi connectivity index (χ0v) is 11.4. The summed E-state index contributed by atoms with van der Waals surface area (Å²) in [5.74, 6) is 0. The molecule has 0 radical (unpaired) electrons. The molecular weight excluding hydrogens is 206 g/mol. The Morgan fingerprint density at radius 1 is 1.07 bits per heavy atom. The van der Waals surface area contributed by atoms with Crippen molar-refractivity contribution in [1.82, 2.24) is 0 Å². The molecule has 1 aliphatic carbocycles. The van der Waals surface area contributed by atoms with Crippen molar-refractivity contribution < 1.29 is 0 Å². The van der Waals surface area contributed by atoms with Crippen LogP contribution >= 0.6 is 12.4 Å². The molecule has 1 nitrogen and oxygen atoms in total. The van der Waals surface area contributed by atoms with Crippen molar-refractivity contribution >= 4 is 12.4 Å².